The van der Waals surface area contributed by atoms with Crippen molar-refractivity contribution in [1.82, 2.24) is 9.80 Å². The molecule has 6 heteroatoms. The second-order valence-corrected chi connectivity index (χ2v) is 9.58. The number of rotatable bonds is 5. The van der Waals surface area contributed by atoms with E-state index in [2.05, 4.69) is 6.92 Å². The SMILES string of the molecule is CC(Oc1ccc(CN2CCN(C(=O)OC(C)(C)C)CC2=O)cc1)C1CCCCC1. The Kier molecular flexibility index (Phi) is 7.27. The van der Waals surface area contributed by atoms with Crippen molar-refractivity contribution >= 4 is 12.0 Å². The summed E-state index contributed by atoms with van der Waals surface area (Å²) in [4.78, 5) is 28.0. The Morgan fingerprint density at radius 3 is 2.37 bits per heavy atom. The first kappa shape index (κ1) is 22.4. The summed E-state index contributed by atoms with van der Waals surface area (Å²) >= 11 is 0. The van der Waals surface area contributed by atoms with Crippen LogP contribution in [0.1, 0.15) is 65.4 Å². The minimum atomic E-state index is -0.560. The van der Waals surface area contributed by atoms with E-state index in [1.165, 1.54) is 37.0 Å². The molecule has 1 atom stereocenters. The predicted molar refractivity (Wildman–Crippen MR) is 116 cm³/mol. The molecule has 1 aliphatic heterocycles. The van der Waals surface area contributed by atoms with Crippen LogP contribution in [0.2, 0.25) is 0 Å². The number of hydrogen-bond donors (Lipinski definition) is 0. The molecular formula is C24H36N2O4. The number of amides is 2. The molecule has 166 valence electrons. The highest BCUT2D eigenvalue weighted by molar-refractivity contribution is 5.83. The third kappa shape index (κ3) is 6.38. The van der Waals surface area contributed by atoms with E-state index in [9.17, 15) is 9.59 Å². The van der Waals surface area contributed by atoms with Crippen LogP contribution in [0.3, 0.4) is 0 Å². The van der Waals surface area contributed by atoms with Crippen molar-refractivity contribution in [2.75, 3.05) is 19.6 Å². The summed E-state index contributed by atoms with van der Waals surface area (Å²) in [5.74, 6) is 1.48. The molecule has 1 aliphatic carbocycles. The van der Waals surface area contributed by atoms with Crippen molar-refractivity contribution < 1.29 is 19.1 Å². The summed E-state index contributed by atoms with van der Waals surface area (Å²) in [6, 6.07) is 8.04. The average Bonchev–Trinajstić information content (AvgIpc) is 2.70. The summed E-state index contributed by atoms with van der Waals surface area (Å²) in [6.07, 6.45) is 6.30. The van der Waals surface area contributed by atoms with Gasteiger partial charge in [-0.1, -0.05) is 31.4 Å². The van der Waals surface area contributed by atoms with Crippen molar-refractivity contribution in [1.29, 1.82) is 0 Å². The number of carbonyl (C=O) groups is 2. The fraction of sp³-hybridized carbons (Fsp3) is 0.667. The lowest BCUT2D eigenvalue weighted by atomic mass is 9.86. The number of nitrogens with zero attached hydrogens (tertiary/aromatic N) is 2. The molecule has 30 heavy (non-hydrogen) atoms. The first-order chi connectivity index (χ1) is 14.2. The summed E-state index contributed by atoms with van der Waals surface area (Å²) in [6.45, 7) is 9.25. The molecule has 2 aliphatic rings. The Morgan fingerprint density at radius 1 is 1.10 bits per heavy atom. The summed E-state index contributed by atoms with van der Waals surface area (Å²) < 4.78 is 11.5. The first-order valence-electron chi connectivity index (χ1n) is 11.2. The maximum Gasteiger partial charge on any atom is 0.410 e. The number of benzene rings is 1. The second-order valence-electron chi connectivity index (χ2n) is 9.58. The summed E-state index contributed by atoms with van der Waals surface area (Å²) in [5.41, 5.74) is 0.502. The van der Waals surface area contributed by atoms with Gasteiger partial charge >= 0.3 is 6.09 Å². The number of piperazine rings is 1. The van der Waals surface area contributed by atoms with Crippen LogP contribution in [0.25, 0.3) is 0 Å². The second kappa shape index (κ2) is 9.71. The van der Waals surface area contributed by atoms with Crippen LogP contribution in [0.5, 0.6) is 5.75 Å². The predicted octanol–water partition coefficient (Wildman–Crippen LogP) is 4.61. The Labute approximate surface area is 180 Å². The van der Waals surface area contributed by atoms with Gasteiger partial charge in [0.05, 0.1) is 6.10 Å². The van der Waals surface area contributed by atoms with E-state index >= 15 is 0 Å². The van der Waals surface area contributed by atoms with Gasteiger partial charge in [0.15, 0.2) is 0 Å². The first-order valence-corrected chi connectivity index (χ1v) is 11.2. The number of ether oxygens (including phenoxy) is 2. The normalized spacial score (nSPS) is 19.5. The lowest BCUT2D eigenvalue weighted by Crippen LogP contribution is -2.52. The summed E-state index contributed by atoms with van der Waals surface area (Å²) in [5, 5.41) is 0. The molecule has 0 N–H and O–H groups in total. The minimum Gasteiger partial charge on any atom is -0.490 e. The van der Waals surface area contributed by atoms with E-state index in [1.54, 1.807) is 4.90 Å². The fourth-order valence-corrected chi connectivity index (χ4v) is 4.17. The van der Waals surface area contributed by atoms with Crippen molar-refractivity contribution in [3.8, 4) is 5.75 Å². The van der Waals surface area contributed by atoms with Crippen molar-refractivity contribution in [3.05, 3.63) is 29.8 Å². The van der Waals surface area contributed by atoms with E-state index in [0.717, 1.165) is 11.3 Å². The van der Waals surface area contributed by atoms with Crippen LogP contribution in [0.4, 0.5) is 4.79 Å². The van der Waals surface area contributed by atoms with Crippen molar-refractivity contribution in [3.63, 3.8) is 0 Å². The highest BCUT2D eigenvalue weighted by Crippen LogP contribution is 2.29. The number of carbonyl (C=O) groups excluding carboxylic acids is 2. The molecule has 1 aromatic carbocycles. The highest BCUT2D eigenvalue weighted by atomic mass is 16.6. The fourth-order valence-electron chi connectivity index (χ4n) is 4.17. The highest BCUT2D eigenvalue weighted by Gasteiger charge is 2.30. The molecule has 2 amide bonds. The van der Waals surface area contributed by atoms with Gasteiger partial charge in [-0.3, -0.25) is 9.69 Å². The number of hydrogen-bond acceptors (Lipinski definition) is 4. The summed E-state index contributed by atoms with van der Waals surface area (Å²) in [7, 11) is 0. The molecule has 6 nitrogen and oxygen atoms in total. The topological polar surface area (TPSA) is 59.1 Å². The molecule has 0 radical (unpaired) electrons. The van der Waals surface area contributed by atoms with Crippen molar-refractivity contribution in [2.45, 2.75) is 78.0 Å². The quantitative estimate of drug-likeness (QED) is 0.703. The zero-order valence-electron chi connectivity index (χ0n) is 18.9. The van der Waals surface area contributed by atoms with Crippen LogP contribution in [0.15, 0.2) is 24.3 Å². The van der Waals surface area contributed by atoms with Gasteiger partial charge in [-0.25, -0.2) is 4.79 Å². The molecule has 0 aromatic heterocycles. The van der Waals surface area contributed by atoms with Gasteiger partial charge in [-0.2, -0.15) is 0 Å². The van der Waals surface area contributed by atoms with Gasteiger partial charge < -0.3 is 14.4 Å². The van der Waals surface area contributed by atoms with Gasteiger partial charge in [0.25, 0.3) is 0 Å². The third-order valence-electron chi connectivity index (χ3n) is 5.90. The Bertz CT molecular complexity index is 720. The smallest absolute Gasteiger partial charge is 0.410 e. The zero-order chi connectivity index (χ0) is 21.7. The van der Waals surface area contributed by atoms with Crippen LogP contribution in [0, 0.1) is 5.92 Å². The molecule has 1 aromatic rings. The molecular weight excluding hydrogens is 380 g/mol. The average molecular weight is 417 g/mol. The van der Waals surface area contributed by atoms with E-state index < -0.39 is 11.7 Å². The van der Waals surface area contributed by atoms with E-state index in [0.29, 0.717) is 25.6 Å². The third-order valence-corrected chi connectivity index (χ3v) is 5.90. The van der Waals surface area contributed by atoms with Crippen LogP contribution >= 0.6 is 0 Å². The standard InChI is InChI=1S/C24H36N2O4/c1-18(20-8-6-5-7-9-20)29-21-12-10-19(11-13-21)16-25-14-15-26(17-22(25)27)23(28)30-24(2,3)4/h10-13,18,20H,5-9,14-17H2,1-4H3. The van der Waals surface area contributed by atoms with Gasteiger partial charge in [0, 0.05) is 19.6 Å². The Morgan fingerprint density at radius 2 is 1.77 bits per heavy atom. The lowest BCUT2D eigenvalue weighted by Gasteiger charge is -2.35. The van der Waals surface area contributed by atoms with E-state index in [-0.39, 0.29) is 18.6 Å². The van der Waals surface area contributed by atoms with Gasteiger partial charge in [-0.15, -0.1) is 0 Å². The maximum absolute atomic E-state index is 12.5. The zero-order valence-corrected chi connectivity index (χ0v) is 18.9. The van der Waals surface area contributed by atoms with Gasteiger partial charge in [-0.05, 0) is 64.2 Å². The Balaban J connectivity index is 1.48. The van der Waals surface area contributed by atoms with Crippen LogP contribution in [-0.2, 0) is 16.1 Å². The largest absolute Gasteiger partial charge is 0.490 e. The maximum atomic E-state index is 12.5. The van der Waals surface area contributed by atoms with E-state index in [1.807, 2.05) is 45.0 Å². The van der Waals surface area contributed by atoms with Crippen molar-refractivity contribution in [2.24, 2.45) is 5.92 Å². The molecule has 0 bridgehead atoms. The van der Waals surface area contributed by atoms with Gasteiger partial charge in [0.2, 0.25) is 5.91 Å². The molecule has 1 unspecified atom stereocenters. The molecule has 3 rings (SSSR count). The van der Waals surface area contributed by atoms with Crippen LogP contribution in [-0.4, -0.2) is 53.1 Å². The lowest BCUT2D eigenvalue weighted by molar-refractivity contribution is -0.136. The molecule has 1 heterocycles. The van der Waals surface area contributed by atoms with Crippen LogP contribution < -0.4 is 4.74 Å². The molecule has 1 saturated carbocycles. The Hall–Kier alpha value is -2.24. The van der Waals surface area contributed by atoms with Gasteiger partial charge in [0.1, 0.15) is 17.9 Å². The molecule has 0 spiro atoms. The minimum absolute atomic E-state index is 0.0571. The molecule has 2 fully saturated rings. The monoisotopic (exact) mass is 416 g/mol. The molecule has 1 saturated heterocycles. The van der Waals surface area contributed by atoms with E-state index in [4.69, 9.17) is 9.47 Å².